The summed E-state index contributed by atoms with van der Waals surface area (Å²) in [4.78, 5) is 14.8. The minimum atomic E-state index is -1.79. The van der Waals surface area contributed by atoms with Crippen molar-refractivity contribution in [3.05, 3.63) is 10.5 Å². The molecule has 3 nitrogen and oxygen atoms in total. The molecule has 0 radical (unpaired) electrons. The Bertz CT molecular complexity index is 442. The van der Waals surface area contributed by atoms with Crippen molar-refractivity contribution < 1.29 is 9.22 Å². The van der Waals surface area contributed by atoms with Gasteiger partial charge in [-0.3, -0.25) is 0 Å². The van der Waals surface area contributed by atoms with Crippen LogP contribution in [-0.4, -0.2) is 51.7 Å². The molecule has 0 aromatic carbocycles. The van der Waals surface area contributed by atoms with Crippen LogP contribution in [0, 0.1) is 5.92 Å². The van der Waals surface area contributed by atoms with Crippen LogP contribution in [0.5, 0.6) is 0 Å². The summed E-state index contributed by atoms with van der Waals surface area (Å²) in [5, 5.41) is 0.196. The third-order valence-electron chi connectivity index (χ3n) is 4.86. The van der Waals surface area contributed by atoms with Crippen molar-refractivity contribution >= 4 is 29.2 Å². The first-order valence-corrected chi connectivity index (χ1v) is 12.1. The monoisotopic (exact) mass is 361 g/mol. The molecule has 114 valence electrons. The molecule has 0 N–H and O–H groups in total. The van der Waals surface area contributed by atoms with Gasteiger partial charge in [-0.15, -0.1) is 0 Å². The molecule has 1 saturated heterocycles. The fraction of sp³-hybridized carbons (Fsp3) is 0.800. The Hall–Kier alpha value is -0.0936. The molecule has 0 aromatic rings. The number of fused-ring (bicyclic) bond motifs is 1. The molecule has 2 aliphatic heterocycles. The zero-order valence-electron chi connectivity index (χ0n) is 13.7. The minimum absolute atomic E-state index is 0.0532. The van der Waals surface area contributed by atoms with Crippen LogP contribution in [0.1, 0.15) is 34.6 Å². The van der Waals surface area contributed by atoms with Crippen molar-refractivity contribution in [3.8, 4) is 0 Å². The Kier molecular flexibility index (Phi) is 4.29. The second-order valence-corrected chi connectivity index (χ2v) is 15.0. The zero-order valence-corrected chi connectivity index (χ0v) is 16.4. The van der Waals surface area contributed by atoms with E-state index in [-0.39, 0.29) is 17.1 Å². The fourth-order valence-electron chi connectivity index (χ4n) is 2.49. The van der Waals surface area contributed by atoms with Gasteiger partial charge < -0.3 is 0 Å². The number of rotatable bonds is 3. The van der Waals surface area contributed by atoms with Crippen molar-refractivity contribution in [2.45, 2.75) is 63.8 Å². The van der Waals surface area contributed by atoms with E-state index in [1.807, 2.05) is 4.90 Å². The van der Waals surface area contributed by atoms with Crippen molar-refractivity contribution in [2.24, 2.45) is 5.92 Å². The van der Waals surface area contributed by atoms with Gasteiger partial charge in [-0.05, 0) is 0 Å². The van der Waals surface area contributed by atoms with Crippen molar-refractivity contribution in [2.75, 3.05) is 6.54 Å². The first kappa shape index (κ1) is 16.3. The van der Waals surface area contributed by atoms with Gasteiger partial charge in [0.25, 0.3) is 0 Å². The number of allylic oxidation sites excluding steroid dienone is 1. The van der Waals surface area contributed by atoms with E-state index in [2.05, 4.69) is 53.8 Å². The molecule has 0 bridgehead atoms. The number of β-lactam (4-membered cyclic amide) rings is 1. The topological polar surface area (TPSA) is 29.5 Å². The average molecular weight is 360 g/mol. The van der Waals surface area contributed by atoms with E-state index in [9.17, 15) is 4.79 Å². The first-order chi connectivity index (χ1) is 9.04. The van der Waals surface area contributed by atoms with Crippen LogP contribution in [0.3, 0.4) is 0 Å². The van der Waals surface area contributed by atoms with Crippen molar-refractivity contribution in [3.63, 3.8) is 0 Å². The molecule has 0 aromatic heterocycles. The molecule has 5 heteroatoms. The van der Waals surface area contributed by atoms with Gasteiger partial charge in [-0.1, -0.05) is 0 Å². The average Bonchev–Trinajstić information content (AvgIpc) is 2.25. The standard InChI is InChI=1S/C15H27NO2SeSi/c1-10-8-9-16-13(17)12(14(16)19-10)11(2)18-20(6,7)15(3,4)5/h8,11-12,14H,9H2,1-7H3/t11-,12+,14-/m1/s1. The molecule has 2 heterocycles. The van der Waals surface area contributed by atoms with Crippen LogP contribution in [0.15, 0.2) is 10.5 Å². The van der Waals surface area contributed by atoms with Gasteiger partial charge in [0.1, 0.15) is 0 Å². The van der Waals surface area contributed by atoms with Gasteiger partial charge in [0.15, 0.2) is 0 Å². The summed E-state index contributed by atoms with van der Waals surface area (Å²) in [5.41, 5.74) is 0. The Balaban J connectivity index is 2.06. The Morgan fingerprint density at radius 2 is 2.05 bits per heavy atom. The van der Waals surface area contributed by atoms with E-state index in [1.54, 1.807) is 0 Å². The molecule has 0 spiro atoms. The van der Waals surface area contributed by atoms with Crippen LogP contribution in [-0.2, 0) is 9.22 Å². The Morgan fingerprint density at radius 3 is 2.60 bits per heavy atom. The number of carbonyl (C=O) groups is 1. The van der Waals surface area contributed by atoms with E-state index in [4.69, 9.17) is 4.43 Å². The van der Waals surface area contributed by atoms with E-state index in [0.717, 1.165) is 6.54 Å². The summed E-state index contributed by atoms with van der Waals surface area (Å²) < 4.78 is 7.91. The predicted octanol–water partition coefficient (Wildman–Crippen LogP) is 2.80. The van der Waals surface area contributed by atoms with Crippen LogP contribution in [0.4, 0.5) is 0 Å². The second-order valence-electron chi connectivity index (χ2n) is 7.42. The van der Waals surface area contributed by atoms with Gasteiger partial charge in [0.05, 0.1) is 0 Å². The third-order valence-corrected chi connectivity index (χ3v) is 12.2. The van der Waals surface area contributed by atoms with E-state index < -0.39 is 8.32 Å². The fourth-order valence-corrected chi connectivity index (χ4v) is 6.76. The second kappa shape index (κ2) is 5.27. The van der Waals surface area contributed by atoms with Gasteiger partial charge in [0, 0.05) is 0 Å². The number of carbonyl (C=O) groups excluding carboxylic acids is 1. The number of nitrogens with zero attached hydrogens (tertiary/aromatic N) is 1. The van der Waals surface area contributed by atoms with Crippen LogP contribution < -0.4 is 0 Å². The van der Waals surface area contributed by atoms with Gasteiger partial charge >= 0.3 is 130 Å². The molecule has 1 amide bonds. The molecular weight excluding hydrogens is 333 g/mol. The molecular formula is C15H27NO2SeSi. The molecule has 1 fully saturated rings. The van der Waals surface area contributed by atoms with E-state index in [0.29, 0.717) is 25.8 Å². The summed E-state index contributed by atoms with van der Waals surface area (Å²) in [5.74, 6) is 0.389. The summed E-state index contributed by atoms with van der Waals surface area (Å²) in [7, 11) is -1.79. The van der Waals surface area contributed by atoms with Gasteiger partial charge in [-0.2, -0.15) is 0 Å². The number of hydrogen-bond donors (Lipinski definition) is 0. The molecule has 2 rings (SSSR count). The first-order valence-electron chi connectivity index (χ1n) is 7.36. The molecule has 20 heavy (non-hydrogen) atoms. The van der Waals surface area contributed by atoms with Crippen LogP contribution >= 0.6 is 0 Å². The Morgan fingerprint density at radius 1 is 1.45 bits per heavy atom. The molecule has 3 atom stereocenters. The molecule has 0 aliphatic carbocycles. The maximum absolute atomic E-state index is 12.3. The van der Waals surface area contributed by atoms with E-state index >= 15 is 0 Å². The summed E-state index contributed by atoms with van der Waals surface area (Å²) in [6.45, 7) is 16.4. The predicted molar refractivity (Wildman–Crippen MR) is 86.2 cm³/mol. The Labute approximate surface area is 130 Å². The molecule has 2 aliphatic rings. The number of amides is 1. The maximum atomic E-state index is 12.3. The van der Waals surface area contributed by atoms with Crippen LogP contribution in [0.2, 0.25) is 18.1 Å². The zero-order chi connectivity index (χ0) is 15.3. The van der Waals surface area contributed by atoms with E-state index in [1.165, 1.54) is 4.47 Å². The van der Waals surface area contributed by atoms with Crippen molar-refractivity contribution in [1.82, 2.24) is 4.90 Å². The summed E-state index contributed by atoms with van der Waals surface area (Å²) >= 11 is 0.419. The van der Waals surface area contributed by atoms with Gasteiger partial charge in [-0.25, -0.2) is 0 Å². The van der Waals surface area contributed by atoms with Crippen LogP contribution in [0.25, 0.3) is 0 Å². The third kappa shape index (κ3) is 2.78. The molecule has 0 unspecified atom stereocenters. The molecule has 0 saturated carbocycles. The summed E-state index contributed by atoms with van der Waals surface area (Å²) in [6.07, 6.45) is 2.25. The summed E-state index contributed by atoms with van der Waals surface area (Å²) in [6, 6.07) is 0. The quantitative estimate of drug-likeness (QED) is 0.572. The normalized spacial score (nSPS) is 28.6. The number of hydrogen-bond acceptors (Lipinski definition) is 2. The SMILES string of the molecule is CC1=CCN2C(=O)[C@H]([C@@H](C)O[Si](C)(C)C(C)(C)C)[C@H]2[Se]1. The van der Waals surface area contributed by atoms with Gasteiger partial charge in [0.2, 0.25) is 0 Å². The van der Waals surface area contributed by atoms with Crippen molar-refractivity contribution in [1.29, 1.82) is 0 Å².